The van der Waals surface area contributed by atoms with Crippen LogP contribution in [0.15, 0.2) is 11.6 Å². The van der Waals surface area contributed by atoms with Crippen LogP contribution in [0, 0.1) is 25.2 Å². The molecule has 0 saturated heterocycles. The number of amides is 1. The maximum atomic E-state index is 12.3. The Balaban J connectivity index is 2.08. The average Bonchev–Trinajstić information content (AvgIpc) is 3.01. The van der Waals surface area contributed by atoms with E-state index in [4.69, 9.17) is 4.74 Å². The van der Waals surface area contributed by atoms with Gasteiger partial charge in [-0.15, -0.1) is 0 Å². The Kier molecular flexibility index (Phi) is 8.50. The van der Waals surface area contributed by atoms with Crippen molar-refractivity contribution in [1.82, 2.24) is 9.88 Å². The number of aromatic nitrogens is 1. The molecule has 1 aliphatic carbocycles. The van der Waals surface area contributed by atoms with Crippen molar-refractivity contribution >= 4 is 18.0 Å². The molecule has 0 radical (unpaired) electrons. The zero-order valence-corrected chi connectivity index (χ0v) is 18.1. The van der Waals surface area contributed by atoms with E-state index in [0.717, 1.165) is 42.6 Å². The van der Waals surface area contributed by atoms with E-state index in [0.29, 0.717) is 6.04 Å². The summed E-state index contributed by atoms with van der Waals surface area (Å²) in [6.07, 6.45) is 9.30. The van der Waals surface area contributed by atoms with E-state index in [-0.39, 0.29) is 24.1 Å². The second-order valence-electron chi connectivity index (χ2n) is 7.82. The van der Waals surface area contributed by atoms with Gasteiger partial charge in [-0.25, -0.2) is 4.79 Å². The Hall–Kier alpha value is -2.55. The van der Waals surface area contributed by atoms with Gasteiger partial charge in [0.25, 0.3) is 5.91 Å². The largest absolute Gasteiger partial charge is 0.451 e. The molecule has 1 aromatic rings. The van der Waals surface area contributed by atoms with Gasteiger partial charge in [-0.3, -0.25) is 4.79 Å². The van der Waals surface area contributed by atoms with Crippen molar-refractivity contribution in [1.29, 1.82) is 5.26 Å². The molecule has 0 bridgehead atoms. The molecule has 1 amide bonds. The molecule has 2 rings (SSSR count). The molecule has 0 aliphatic heterocycles. The monoisotopic (exact) mass is 399 g/mol. The summed E-state index contributed by atoms with van der Waals surface area (Å²) in [7, 11) is 0. The van der Waals surface area contributed by atoms with E-state index >= 15 is 0 Å². The predicted molar refractivity (Wildman–Crippen MR) is 113 cm³/mol. The molecule has 1 fully saturated rings. The number of rotatable bonds is 8. The molecule has 1 aromatic heterocycles. The quantitative estimate of drug-likeness (QED) is 0.400. The van der Waals surface area contributed by atoms with Crippen LogP contribution in [-0.2, 0) is 14.3 Å². The minimum absolute atomic E-state index is 0.0670. The first kappa shape index (κ1) is 22.7. The lowest BCUT2D eigenvalue weighted by atomic mass is 9.95. The fourth-order valence-corrected chi connectivity index (χ4v) is 4.11. The first-order chi connectivity index (χ1) is 13.9. The zero-order valence-electron chi connectivity index (χ0n) is 18.1. The van der Waals surface area contributed by atoms with Crippen molar-refractivity contribution in [3.63, 3.8) is 0 Å². The summed E-state index contributed by atoms with van der Waals surface area (Å²) in [6, 6.07) is 4.48. The highest BCUT2D eigenvalue weighted by Gasteiger charge is 2.21. The van der Waals surface area contributed by atoms with Gasteiger partial charge in [0.05, 0.1) is 0 Å². The van der Waals surface area contributed by atoms with Crippen LogP contribution in [-0.4, -0.2) is 29.1 Å². The van der Waals surface area contributed by atoms with Gasteiger partial charge >= 0.3 is 5.97 Å². The lowest BCUT2D eigenvalue weighted by Gasteiger charge is -2.26. The third-order valence-electron chi connectivity index (χ3n) is 5.79. The molecule has 0 atom stereocenters. The molecule has 1 N–H and O–H groups in total. The first-order valence-electron chi connectivity index (χ1n) is 10.7. The number of aryl methyl sites for hydroxylation is 1. The maximum Gasteiger partial charge on any atom is 0.349 e. The second kappa shape index (κ2) is 10.8. The fourth-order valence-electron chi connectivity index (χ4n) is 4.11. The lowest BCUT2D eigenvalue weighted by Crippen LogP contribution is -2.37. The van der Waals surface area contributed by atoms with E-state index in [9.17, 15) is 14.9 Å². The third-order valence-corrected chi connectivity index (χ3v) is 5.79. The van der Waals surface area contributed by atoms with E-state index in [2.05, 4.69) is 16.8 Å². The number of nitriles is 1. The maximum absolute atomic E-state index is 12.3. The molecular weight excluding hydrogens is 366 g/mol. The number of nitrogens with one attached hydrogen (secondary N) is 1. The summed E-state index contributed by atoms with van der Waals surface area (Å²) in [5.74, 6) is -1.12. The average molecular weight is 400 g/mol. The lowest BCUT2D eigenvalue weighted by molar-refractivity contribution is -0.144. The summed E-state index contributed by atoms with van der Waals surface area (Å²) >= 11 is 0. The van der Waals surface area contributed by atoms with Crippen LogP contribution in [0.1, 0.15) is 81.8 Å². The molecule has 0 unspecified atom stereocenters. The van der Waals surface area contributed by atoms with Crippen molar-refractivity contribution in [3.05, 3.63) is 28.6 Å². The van der Waals surface area contributed by atoms with Gasteiger partial charge in [-0.05, 0) is 57.2 Å². The number of esters is 1. The number of hydrogen-bond acceptors (Lipinski definition) is 4. The summed E-state index contributed by atoms with van der Waals surface area (Å²) in [5.41, 5.74) is 2.95. The molecule has 0 spiro atoms. The van der Waals surface area contributed by atoms with Crippen LogP contribution < -0.4 is 5.32 Å². The number of carbonyl (C=O) groups excluding carboxylic acids is 2. The Bertz CT molecular complexity index is 791. The van der Waals surface area contributed by atoms with Gasteiger partial charge in [0, 0.05) is 23.5 Å². The van der Waals surface area contributed by atoms with Crippen LogP contribution >= 0.6 is 0 Å². The van der Waals surface area contributed by atoms with Gasteiger partial charge in [-0.1, -0.05) is 33.1 Å². The first-order valence-corrected chi connectivity index (χ1v) is 10.7. The van der Waals surface area contributed by atoms with Gasteiger partial charge in [0.15, 0.2) is 6.61 Å². The topological polar surface area (TPSA) is 84.1 Å². The summed E-state index contributed by atoms with van der Waals surface area (Å²) < 4.78 is 7.39. The number of hydrogen-bond donors (Lipinski definition) is 1. The number of carbonyl (C=O) groups is 2. The fraction of sp³-hybridized carbons (Fsp3) is 0.609. The van der Waals surface area contributed by atoms with E-state index in [1.165, 1.54) is 19.3 Å². The Morgan fingerprint density at radius 2 is 1.93 bits per heavy atom. The van der Waals surface area contributed by atoms with Crippen molar-refractivity contribution in [2.75, 3.05) is 6.61 Å². The molecule has 1 aliphatic rings. The molecule has 1 saturated carbocycles. The molecule has 1 heterocycles. The number of nitrogens with zero attached hydrogens (tertiary/aromatic N) is 2. The summed E-state index contributed by atoms with van der Waals surface area (Å²) in [4.78, 5) is 24.2. The van der Waals surface area contributed by atoms with E-state index < -0.39 is 5.97 Å². The molecule has 158 valence electrons. The van der Waals surface area contributed by atoms with Crippen molar-refractivity contribution in [2.24, 2.45) is 0 Å². The van der Waals surface area contributed by atoms with Gasteiger partial charge in [0.2, 0.25) is 0 Å². The molecule has 29 heavy (non-hydrogen) atoms. The van der Waals surface area contributed by atoms with Crippen LogP contribution in [0.4, 0.5) is 0 Å². The van der Waals surface area contributed by atoms with Crippen LogP contribution in [0.3, 0.4) is 0 Å². The van der Waals surface area contributed by atoms with E-state index in [1.807, 2.05) is 32.9 Å². The second-order valence-corrected chi connectivity index (χ2v) is 7.82. The molecular formula is C23H33N3O3. The van der Waals surface area contributed by atoms with Gasteiger partial charge in [-0.2, -0.15) is 5.26 Å². The standard InChI is InChI=1S/C23H33N3O3/c1-5-20(6-2)25-22(27)15-29-23(28)19(14-24)13-18-12-16(3)26(17(18)4)21-10-8-7-9-11-21/h12-13,20-21H,5-11,15H2,1-4H3,(H,25,27)/b19-13+. The summed E-state index contributed by atoms with van der Waals surface area (Å²) in [6.45, 7) is 7.68. The van der Waals surface area contributed by atoms with Crippen molar-refractivity contribution in [3.8, 4) is 6.07 Å². The van der Waals surface area contributed by atoms with Crippen LogP contribution in [0.25, 0.3) is 6.08 Å². The molecule has 0 aromatic carbocycles. The minimum atomic E-state index is -0.769. The van der Waals surface area contributed by atoms with E-state index in [1.54, 1.807) is 6.08 Å². The zero-order chi connectivity index (χ0) is 21.4. The Labute approximate surface area is 173 Å². The third kappa shape index (κ3) is 5.96. The highest BCUT2D eigenvalue weighted by Crippen LogP contribution is 2.32. The molecule has 6 nitrogen and oxygen atoms in total. The normalized spacial score (nSPS) is 15.2. The van der Waals surface area contributed by atoms with Gasteiger partial charge < -0.3 is 14.6 Å². The highest BCUT2D eigenvalue weighted by molar-refractivity contribution is 5.99. The van der Waals surface area contributed by atoms with Crippen molar-refractivity contribution < 1.29 is 14.3 Å². The van der Waals surface area contributed by atoms with Crippen LogP contribution in [0.2, 0.25) is 0 Å². The Morgan fingerprint density at radius 1 is 1.28 bits per heavy atom. The smallest absolute Gasteiger partial charge is 0.349 e. The van der Waals surface area contributed by atoms with Crippen molar-refractivity contribution in [2.45, 2.75) is 84.7 Å². The SMILES string of the molecule is CCC(CC)NC(=O)COC(=O)/C(C#N)=C/c1cc(C)n(C2CCCCC2)c1C. The summed E-state index contributed by atoms with van der Waals surface area (Å²) in [5, 5.41) is 12.2. The predicted octanol–water partition coefficient (Wildman–Crippen LogP) is 4.37. The number of ether oxygens (including phenoxy) is 1. The Morgan fingerprint density at radius 3 is 2.52 bits per heavy atom. The highest BCUT2D eigenvalue weighted by atomic mass is 16.5. The van der Waals surface area contributed by atoms with Crippen LogP contribution in [0.5, 0.6) is 0 Å². The molecule has 6 heteroatoms. The van der Waals surface area contributed by atoms with Gasteiger partial charge in [0.1, 0.15) is 11.6 Å². The minimum Gasteiger partial charge on any atom is -0.451 e.